The van der Waals surface area contributed by atoms with Crippen LogP contribution in [-0.2, 0) is 9.53 Å². The maximum absolute atomic E-state index is 12.1. The van der Waals surface area contributed by atoms with Crippen molar-refractivity contribution in [3.63, 3.8) is 0 Å². The Bertz CT molecular complexity index is 801. The van der Waals surface area contributed by atoms with Gasteiger partial charge in [0, 0.05) is 31.3 Å². The number of methoxy groups -OCH3 is 1. The van der Waals surface area contributed by atoms with Crippen molar-refractivity contribution in [2.45, 2.75) is 32.3 Å². The zero-order chi connectivity index (χ0) is 18.5. The van der Waals surface area contributed by atoms with Crippen molar-refractivity contribution in [3.8, 4) is 5.75 Å². The van der Waals surface area contributed by atoms with Gasteiger partial charge in [0.05, 0.1) is 17.9 Å². The fourth-order valence-electron chi connectivity index (χ4n) is 2.67. The summed E-state index contributed by atoms with van der Waals surface area (Å²) in [6, 6.07) is 3.22. The molecule has 2 aromatic rings. The third kappa shape index (κ3) is 4.41. The number of fused-ring (bicyclic) bond motifs is 1. The lowest BCUT2D eigenvalue weighted by atomic mass is 10.2. The zero-order valence-corrected chi connectivity index (χ0v) is 15.6. The van der Waals surface area contributed by atoms with E-state index in [9.17, 15) is 9.59 Å². The highest BCUT2D eigenvalue weighted by atomic mass is 32.1. The van der Waals surface area contributed by atoms with Crippen LogP contribution in [0.25, 0.3) is 10.2 Å². The lowest BCUT2D eigenvalue weighted by molar-refractivity contribution is -0.115. The summed E-state index contributed by atoms with van der Waals surface area (Å²) < 4.78 is 11.7. The van der Waals surface area contributed by atoms with Crippen LogP contribution in [-0.4, -0.2) is 43.3 Å². The topological polar surface area (TPSA) is 102 Å². The number of rotatable bonds is 6. The summed E-state index contributed by atoms with van der Waals surface area (Å²) >= 11 is 1.33. The summed E-state index contributed by atoms with van der Waals surface area (Å²) in [6.07, 6.45) is 2.46. The molecule has 1 aliphatic rings. The first kappa shape index (κ1) is 18.4. The molecule has 1 aromatic carbocycles. The minimum atomic E-state index is -0.300. The van der Waals surface area contributed by atoms with Gasteiger partial charge in [-0.3, -0.25) is 4.79 Å². The quantitative estimate of drug-likeness (QED) is 0.717. The molecular weight excluding hydrogens is 356 g/mol. The molecule has 3 N–H and O–H groups in total. The van der Waals surface area contributed by atoms with Crippen molar-refractivity contribution in [1.82, 2.24) is 10.3 Å². The van der Waals surface area contributed by atoms with Crippen LogP contribution in [0.15, 0.2) is 12.1 Å². The molecule has 0 radical (unpaired) electrons. The number of carbonyl (C=O) groups excluding carboxylic acids is 2. The van der Waals surface area contributed by atoms with Gasteiger partial charge in [-0.05, 0) is 18.9 Å². The Balaban J connectivity index is 1.71. The number of hydrogen-bond acceptors (Lipinski definition) is 6. The number of anilines is 2. The van der Waals surface area contributed by atoms with Gasteiger partial charge >= 0.3 is 6.03 Å². The molecule has 0 unspecified atom stereocenters. The molecule has 1 fully saturated rings. The first-order chi connectivity index (χ1) is 12.6. The average Bonchev–Trinajstić information content (AvgIpc) is 3.28. The van der Waals surface area contributed by atoms with Crippen molar-refractivity contribution >= 4 is 44.3 Å². The summed E-state index contributed by atoms with van der Waals surface area (Å²) in [5.41, 5.74) is 1.24. The Hall–Kier alpha value is -2.39. The number of hydrogen-bond donors (Lipinski definition) is 3. The van der Waals surface area contributed by atoms with Crippen LogP contribution < -0.4 is 20.7 Å². The van der Waals surface area contributed by atoms with Crippen molar-refractivity contribution in [2.75, 3.05) is 30.9 Å². The third-order valence-corrected chi connectivity index (χ3v) is 4.94. The molecule has 3 rings (SSSR count). The molecule has 140 valence electrons. The van der Waals surface area contributed by atoms with E-state index in [1.165, 1.54) is 11.3 Å². The Kier molecular flexibility index (Phi) is 5.89. The Morgan fingerprint density at radius 1 is 1.38 bits per heavy atom. The second-order valence-corrected chi connectivity index (χ2v) is 6.95. The summed E-state index contributed by atoms with van der Waals surface area (Å²) in [4.78, 5) is 28.1. The molecule has 1 atom stereocenters. The number of nitrogens with zero attached hydrogens (tertiary/aromatic N) is 1. The molecule has 0 aliphatic carbocycles. The number of thiazole rings is 1. The van der Waals surface area contributed by atoms with Gasteiger partial charge in [-0.2, -0.15) is 0 Å². The first-order valence-electron chi connectivity index (χ1n) is 8.54. The van der Waals surface area contributed by atoms with E-state index < -0.39 is 0 Å². The van der Waals surface area contributed by atoms with Gasteiger partial charge in [0.2, 0.25) is 5.91 Å². The van der Waals surface area contributed by atoms with E-state index in [0.29, 0.717) is 35.1 Å². The maximum Gasteiger partial charge on any atom is 0.319 e. The molecule has 1 aliphatic heterocycles. The Morgan fingerprint density at radius 3 is 2.92 bits per heavy atom. The summed E-state index contributed by atoms with van der Waals surface area (Å²) in [5, 5.41) is 8.86. The standard InChI is InChI=1S/C17H22N4O4S/c1-3-14(22)20-17-21-15-12(24-2)7-10(8-13(15)26-17)19-16(23)18-9-11-5-4-6-25-11/h7-8,11H,3-6,9H2,1-2H3,(H2,18,19,23)(H,20,21,22)/t11-/m0/s1. The fraction of sp³-hybridized carbons (Fsp3) is 0.471. The minimum Gasteiger partial charge on any atom is -0.494 e. The van der Waals surface area contributed by atoms with Gasteiger partial charge in [-0.25, -0.2) is 9.78 Å². The van der Waals surface area contributed by atoms with E-state index >= 15 is 0 Å². The molecule has 2 heterocycles. The number of aromatic nitrogens is 1. The number of carbonyl (C=O) groups is 2. The highest BCUT2D eigenvalue weighted by Gasteiger charge is 2.17. The van der Waals surface area contributed by atoms with Crippen molar-refractivity contribution < 1.29 is 19.1 Å². The van der Waals surface area contributed by atoms with Crippen molar-refractivity contribution in [2.24, 2.45) is 0 Å². The molecular formula is C17H22N4O4S. The SMILES string of the molecule is CCC(=O)Nc1nc2c(OC)cc(NC(=O)NC[C@@H]3CCCO3)cc2s1. The molecule has 1 saturated heterocycles. The average molecular weight is 378 g/mol. The van der Waals surface area contributed by atoms with Crippen LogP contribution in [0.3, 0.4) is 0 Å². The number of urea groups is 1. The number of nitrogens with one attached hydrogen (secondary N) is 3. The molecule has 0 saturated carbocycles. The predicted octanol–water partition coefficient (Wildman–Crippen LogP) is 2.95. The van der Waals surface area contributed by atoms with E-state index in [0.717, 1.165) is 24.1 Å². The van der Waals surface area contributed by atoms with E-state index in [2.05, 4.69) is 20.9 Å². The monoisotopic (exact) mass is 378 g/mol. The van der Waals surface area contributed by atoms with Gasteiger partial charge in [-0.15, -0.1) is 0 Å². The lowest BCUT2D eigenvalue weighted by Gasteiger charge is -2.12. The van der Waals surface area contributed by atoms with Gasteiger partial charge in [0.1, 0.15) is 11.3 Å². The molecule has 8 nitrogen and oxygen atoms in total. The summed E-state index contributed by atoms with van der Waals surface area (Å²) in [5.74, 6) is 0.431. The number of amides is 3. The van der Waals surface area contributed by atoms with Gasteiger partial charge in [0.15, 0.2) is 5.13 Å². The Morgan fingerprint density at radius 2 is 2.23 bits per heavy atom. The zero-order valence-electron chi connectivity index (χ0n) is 14.8. The second-order valence-electron chi connectivity index (χ2n) is 5.92. The van der Waals surface area contributed by atoms with Gasteiger partial charge in [-0.1, -0.05) is 18.3 Å². The highest BCUT2D eigenvalue weighted by Crippen LogP contribution is 2.35. The summed E-state index contributed by atoms with van der Waals surface area (Å²) in [6.45, 7) is 3.02. The molecule has 26 heavy (non-hydrogen) atoms. The maximum atomic E-state index is 12.1. The van der Waals surface area contributed by atoms with Crippen LogP contribution in [0, 0.1) is 0 Å². The van der Waals surface area contributed by atoms with Crippen LogP contribution in [0.5, 0.6) is 5.75 Å². The van der Waals surface area contributed by atoms with Crippen molar-refractivity contribution in [1.29, 1.82) is 0 Å². The lowest BCUT2D eigenvalue weighted by Crippen LogP contribution is -2.35. The number of ether oxygens (including phenoxy) is 2. The third-order valence-electron chi connectivity index (χ3n) is 4.02. The second kappa shape index (κ2) is 8.33. The Labute approximate surface area is 155 Å². The van der Waals surface area contributed by atoms with E-state index in [1.54, 1.807) is 20.1 Å². The van der Waals surface area contributed by atoms with Crippen molar-refractivity contribution in [3.05, 3.63) is 12.1 Å². The normalized spacial score (nSPS) is 16.5. The molecule has 1 aromatic heterocycles. The van der Waals surface area contributed by atoms with Crippen LogP contribution in [0.4, 0.5) is 15.6 Å². The molecule has 0 bridgehead atoms. The van der Waals surface area contributed by atoms with E-state index in [1.807, 2.05) is 6.07 Å². The summed E-state index contributed by atoms with van der Waals surface area (Å²) in [7, 11) is 1.54. The van der Waals surface area contributed by atoms with Gasteiger partial charge in [0.25, 0.3) is 0 Å². The number of benzene rings is 1. The van der Waals surface area contributed by atoms with Crippen LogP contribution >= 0.6 is 11.3 Å². The molecule has 0 spiro atoms. The largest absolute Gasteiger partial charge is 0.494 e. The van der Waals surface area contributed by atoms with Gasteiger partial charge < -0.3 is 25.4 Å². The molecule has 3 amide bonds. The van der Waals surface area contributed by atoms with E-state index in [-0.39, 0.29) is 18.0 Å². The smallest absolute Gasteiger partial charge is 0.319 e. The highest BCUT2D eigenvalue weighted by molar-refractivity contribution is 7.22. The predicted molar refractivity (Wildman–Crippen MR) is 101 cm³/mol. The van der Waals surface area contributed by atoms with E-state index in [4.69, 9.17) is 9.47 Å². The molecule has 9 heteroatoms. The van der Waals surface area contributed by atoms with Crippen LogP contribution in [0.2, 0.25) is 0 Å². The minimum absolute atomic E-state index is 0.0870. The van der Waals surface area contributed by atoms with Crippen LogP contribution in [0.1, 0.15) is 26.2 Å². The first-order valence-corrected chi connectivity index (χ1v) is 9.35. The fourth-order valence-corrected chi connectivity index (χ4v) is 3.61.